The van der Waals surface area contributed by atoms with Gasteiger partial charge in [-0.2, -0.15) is 0 Å². The van der Waals surface area contributed by atoms with Crippen molar-refractivity contribution < 1.29 is 19.1 Å². The topological polar surface area (TPSA) is 75.7 Å². The van der Waals surface area contributed by atoms with Gasteiger partial charge >= 0.3 is 5.97 Å². The fourth-order valence-corrected chi connectivity index (χ4v) is 4.32. The first-order valence-corrected chi connectivity index (χ1v) is 12.4. The van der Waals surface area contributed by atoms with Crippen LogP contribution in [0.2, 0.25) is 10.0 Å². The molecule has 0 saturated heterocycles. The van der Waals surface area contributed by atoms with Crippen LogP contribution in [-0.4, -0.2) is 17.8 Å². The number of amides is 2. The number of anilines is 2. The summed E-state index contributed by atoms with van der Waals surface area (Å²) in [4.78, 5) is 39.2. The van der Waals surface area contributed by atoms with E-state index >= 15 is 0 Å². The summed E-state index contributed by atoms with van der Waals surface area (Å²) in [5.74, 6) is -1.48. The summed E-state index contributed by atoms with van der Waals surface area (Å²) < 4.78 is 5.48. The van der Waals surface area contributed by atoms with E-state index in [0.717, 1.165) is 16.0 Å². The molecule has 0 bridgehead atoms. The molecule has 38 heavy (non-hydrogen) atoms. The molecule has 0 fully saturated rings. The molecule has 4 aromatic carbocycles. The van der Waals surface area contributed by atoms with E-state index in [1.807, 2.05) is 42.5 Å². The number of esters is 1. The van der Waals surface area contributed by atoms with Crippen molar-refractivity contribution in [1.82, 2.24) is 0 Å². The molecule has 1 aliphatic rings. The lowest BCUT2D eigenvalue weighted by atomic mass is 10.1. The predicted molar refractivity (Wildman–Crippen MR) is 149 cm³/mol. The first-order chi connectivity index (χ1) is 18.3. The minimum atomic E-state index is -0.698. The average molecular weight is 564 g/mol. The van der Waals surface area contributed by atoms with Gasteiger partial charge in [-0.1, -0.05) is 77.3 Å². The summed E-state index contributed by atoms with van der Waals surface area (Å²) in [5, 5.41) is 3.06. The van der Waals surface area contributed by atoms with Crippen LogP contribution in [0.25, 0.3) is 11.1 Å². The van der Waals surface area contributed by atoms with Crippen molar-refractivity contribution in [2.75, 3.05) is 10.2 Å². The van der Waals surface area contributed by atoms with E-state index in [9.17, 15) is 14.4 Å². The molecule has 0 unspecified atom stereocenters. The normalized spacial score (nSPS) is 13.2. The minimum absolute atomic E-state index is 0.100. The number of hydrogen-bond acceptors (Lipinski definition) is 5. The average Bonchev–Trinajstić information content (AvgIpc) is 3.14. The Morgan fingerprint density at radius 1 is 0.711 bits per heavy atom. The highest BCUT2D eigenvalue weighted by Crippen LogP contribution is 2.33. The number of nitrogens with one attached hydrogen (secondary N) is 1. The zero-order valence-corrected chi connectivity index (χ0v) is 21.7. The molecule has 1 heterocycles. The molecular weight excluding hydrogens is 547 g/mol. The third-order valence-corrected chi connectivity index (χ3v) is 6.84. The van der Waals surface area contributed by atoms with Crippen molar-refractivity contribution in [3.63, 3.8) is 0 Å². The number of rotatable bonds is 6. The van der Waals surface area contributed by atoms with Gasteiger partial charge in [0, 0.05) is 5.69 Å². The minimum Gasteiger partial charge on any atom is -0.423 e. The van der Waals surface area contributed by atoms with Gasteiger partial charge in [0.25, 0.3) is 11.8 Å². The third-order valence-electron chi connectivity index (χ3n) is 5.75. The molecular formula is C29H17Cl3N2O4. The van der Waals surface area contributed by atoms with Crippen LogP contribution in [0.15, 0.2) is 108 Å². The molecule has 0 aromatic heterocycles. The van der Waals surface area contributed by atoms with Gasteiger partial charge in [-0.25, -0.2) is 9.69 Å². The number of nitrogens with zero attached hydrogens (tertiary/aromatic N) is 1. The Morgan fingerprint density at radius 3 is 2.03 bits per heavy atom. The van der Waals surface area contributed by atoms with E-state index in [-0.39, 0.29) is 26.5 Å². The lowest BCUT2D eigenvalue weighted by molar-refractivity contribution is -0.120. The maximum absolute atomic E-state index is 13.0. The van der Waals surface area contributed by atoms with Gasteiger partial charge in [0.15, 0.2) is 0 Å². The van der Waals surface area contributed by atoms with Gasteiger partial charge in [-0.05, 0) is 65.7 Å². The zero-order valence-electron chi connectivity index (χ0n) is 19.5. The molecule has 0 spiro atoms. The van der Waals surface area contributed by atoms with Crippen molar-refractivity contribution in [2.45, 2.75) is 0 Å². The fourth-order valence-electron chi connectivity index (χ4n) is 3.82. The lowest BCUT2D eigenvalue weighted by Crippen LogP contribution is -2.32. The van der Waals surface area contributed by atoms with Gasteiger partial charge in [0.2, 0.25) is 0 Å². The van der Waals surface area contributed by atoms with Crippen LogP contribution in [0.1, 0.15) is 10.4 Å². The SMILES string of the molecule is O=C(Oc1ccc(-c2ccccc2)cc1)c1ccc(NC2=C(Cl)C(=O)N(c3ccc(Cl)c(Cl)c3)C2=O)cc1. The van der Waals surface area contributed by atoms with Gasteiger partial charge in [-0.3, -0.25) is 9.59 Å². The second-order valence-corrected chi connectivity index (χ2v) is 9.41. The van der Waals surface area contributed by atoms with Crippen LogP contribution in [0.4, 0.5) is 11.4 Å². The summed E-state index contributed by atoms with van der Waals surface area (Å²) in [5.41, 5.74) is 2.95. The number of hydrogen-bond donors (Lipinski definition) is 1. The van der Waals surface area contributed by atoms with E-state index in [2.05, 4.69) is 5.32 Å². The quantitative estimate of drug-likeness (QED) is 0.151. The van der Waals surface area contributed by atoms with E-state index in [4.69, 9.17) is 39.5 Å². The summed E-state index contributed by atoms with van der Waals surface area (Å²) in [6.45, 7) is 0. The Bertz CT molecular complexity index is 1580. The molecule has 2 amide bonds. The Labute approximate surface area is 233 Å². The maximum atomic E-state index is 13.0. The van der Waals surface area contributed by atoms with E-state index in [1.54, 1.807) is 24.3 Å². The smallest absolute Gasteiger partial charge is 0.343 e. The molecule has 0 radical (unpaired) electrons. The number of halogens is 3. The molecule has 9 heteroatoms. The molecule has 0 atom stereocenters. The number of carbonyl (C=O) groups excluding carboxylic acids is 3. The van der Waals surface area contributed by atoms with Crippen LogP contribution in [0.3, 0.4) is 0 Å². The summed E-state index contributed by atoms with van der Waals surface area (Å²) in [6, 6.07) is 27.7. The number of benzene rings is 4. The van der Waals surface area contributed by atoms with Crippen molar-refractivity contribution in [1.29, 1.82) is 0 Å². The van der Waals surface area contributed by atoms with Crippen molar-refractivity contribution in [3.05, 3.63) is 123 Å². The maximum Gasteiger partial charge on any atom is 0.343 e. The van der Waals surface area contributed by atoms with E-state index in [0.29, 0.717) is 17.0 Å². The Kier molecular flexibility index (Phi) is 7.20. The molecule has 1 aliphatic heterocycles. The van der Waals surface area contributed by atoms with Gasteiger partial charge in [0.1, 0.15) is 16.5 Å². The van der Waals surface area contributed by atoms with E-state index < -0.39 is 17.8 Å². The van der Waals surface area contributed by atoms with Gasteiger partial charge < -0.3 is 10.1 Å². The molecule has 0 saturated carbocycles. The van der Waals surface area contributed by atoms with Crippen LogP contribution in [0, 0.1) is 0 Å². The van der Waals surface area contributed by atoms with E-state index in [1.165, 1.54) is 30.3 Å². The molecule has 188 valence electrons. The first-order valence-electron chi connectivity index (χ1n) is 11.3. The van der Waals surface area contributed by atoms with Crippen molar-refractivity contribution in [2.24, 2.45) is 0 Å². The third kappa shape index (κ3) is 5.15. The number of ether oxygens (including phenoxy) is 1. The highest BCUT2D eigenvalue weighted by molar-refractivity contribution is 6.53. The summed E-state index contributed by atoms with van der Waals surface area (Å²) in [6.07, 6.45) is 0. The molecule has 1 N–H and O–H groups in total. The standard InChI is InChI=1S/C29H17Cl3N2O4/c30-23-15-12-21(16-24(23)31)34-27(35)25(32)26(28(34)36)33-20-10-6-19(7-11-20)29(37)38-22-13-8-18(9-14-22)17-4-2-1-3-5-17/h1-16,33H. The Balaban J connectivity index is 1.25. The van der Waals surface area contributed by atoms with Gasteiger partial charge in [0.05, 0.1) is 21.3 Å². The Hall–Kier alpha value is -4.10. The molecule has 5 rings (SSSR count). The van der Waals surface area contributed by atoms with Crippen molar-refractivity contribution >= 4 is 64.0 Å². The summed E-state index contributed by atoms with van der Waals surface area (Å²) in [7, 11) is 0. The highest BCUT2D eigenvalue weighted by Gasteiger charge is 2.39. The van der Waals surface area contributed by atoms with Crippen LogP contribution in [-0.2, 0) is 9.59 Å². The van der Waals surface area contributed by atoms with Crippen LogP contribution in [0.5, 0.6) is 5.75 Å². The fraction of sp³-hybridized carbons (Fsp3) is 0. The second kappa shape index (κ2) is 10.7. The molecule has 0 aliphatic carbocycles. The molecule has 6 nitrogen and oxygen atoms in total. The lowest BCUT2D eigenvalue weighted by Gasteiger charge is -2.15. The summed E-state index contributed by atoms with van der Waals surface area (Å²) >= 11 is 18.1. The second-order valence-electron chi connectivity index (χ2n) is 8.22. The predicted octanol–water partition coefficient (Wildman–Crippen LogP) is 7.32. The van der Waals surface area contributed by atoms with Gasteiger partial charge in [-0.15, -0.1) is 0 Å². The van der Waals surface area contributed by atoms with Crippen LogP contribution >= 0.6 is 34.8 Å². The Morgan fingerprint density at radius 2 is 1.37 bits per heavy atom. The monoisotopic (exact) mass is 562 g/mol. The highest BCUT2D eigenvalue weighted by atomic mass is 35.5. The van der Waals surface area contributed by atoms with Crippen LogP contribution < -0.4 is 15.0 Å². The number of imide groups is 1. The van der Waals surface area contributed by atoms with Crippen molar-refractivity contribution in [3.8, 4) is 16.9 Å². The molecule has 4 aromatic rings. The first kappa shape index (κ1) is 25.5. The number of carbonyl (C=O) groups is 3. The zero-order chi connectivity index (χ0) is 26.8. The largest absolute Gasteiger partial charge is 0.423 e.